The lowest BCUT2D eigenvalue weighted by atomic mass is 10.2. The first-order valence-corrected chi connectivity index (χ1v) is 13.7. The molecule has 0 aliphatic heterocycles. The fourth-order valence-electron chi connectivity index (χ4n) is 3.96. The van der Waals surface area contributed by atoms with Crippen molar-refractivity contribution in [1.82, 2.24) is 15.0 Å². The van der Waals surface area contributed by atoms with Gasteiger partial charge in [0, 0.05) is 32.9 Å². The van der Waals surface area contributed by atoms with Crippen molar-refractivity contribution >= 4 is 57.4 Å². The number of ether oxygens (including phenoxy) is 2. The minimum absolute atomic E-state index is 0.383. The number of aromatic nitrogens is 3. The number of benzene rings is 3. The highest BCUT2D eigenvalue weighted by Crippen LogP contribution is 2.32. The summed E-state index contributed by atoms with van der Waals surface area (Å²) in [7, 11) is 2.75. The van der Waals surface area contributed by atoms with Gasteiger partial charge in [-0.2, -0.15) is 0 Å². The molecule has 0 saturated carbocycles. The summed E-state index contributed by atoms with van der Waals surface area (Å²) in [6, 6.07) is 22.5. The van der Waals surface area contributed by atoms with Crippen molar-refractivity contribution in [2.24, 2.45) is 0 Å². The van der Waals surface area contributed by atoms with E-state index in [9.17, 15) is 9.59 Å². The zero-order valence-corrected chi connectivity index (χ0v) is 22.3. The molecular formula is C29H23N3O4S2. The Kier molecular flexibility index (Phi) is 7.86. The van der Waals surface area contributed by atoms with E-state index in [1.807, 2.05) is 60.7 Å². The molecule has 2 aromatic heterocycles. The number of carbonyl (C=O) groups is 2. The number of hydrogen-bond donors (Lipinski definition) is 0. The van der Waals surface area contributed by atoms with Gasteiger partial charge in [-0.25, -0.2) is 19.6 Å². The van der Waals surface area contributed by atoms with Gasteiger partial charge in [0.2, 0.25) is 0 Å². The fraction of sp³-hybridized carbons (Fsp3) is 0.138. The quantitative estimate of drug-likeness (QED) is 0.127. The summed E-state index contributed by atoms with van der Waals surface area (Å²) in [5.41, 5.74) is 4.97. The normalized spacial score (nSPS) is 11.0. The van der Waals surface area contributed by atoms with Crippen LogP contribution in [0, 0.1) is 0 Å². The van der Waals surface area contributed by atoms with Crippen molar-refractivity contribution in [2.75, 3.05) is 14.2 Å². The molecule has 0 fully saturated rings. The van der Waals surface area contributed by atoms with E-state index in [-0.39, 0.29) is 11.9 Å². The summed E-state index contributed by atoms with van der Waals surface area (Å²) in [6.07, 6.45) is 1.76. The molecule has 7 nitrogen and oxygen atoms in total. The molecule has 0 atom stereocenters. The molecule has 2 heterocycles. The third kappa shape index (κ3) is 5.49. The molecule has 190 valence electrons. The number of esters is 2. The molecule has 5 aromatic rings. The lowest BCUT2D eigenvalue weighted by Crippen LogP contribution is -2.05. The Labute approximate surface area is 228 Å². The molecule has 0 radical (unpaired) electrons. The third-order valence-electron chi connectivity index (χ3n) is 5.86. The molecule has 0 aliphatic carbocycles. The maximum absolute atomic E-state index is 12.3. The molecule has 0 spiro atoms. The Bertz CT molecular complexity index is 1540. The number of pyridine rings is 1. The predicted molar refractivity (Wildman–Crippen MR) is 150 cm³/mol. The highest BCUT2D eigenvalue weighted by Gasteiger charge is 2.17. The zero-order chi connectivity index (χ0) is 26.5. The molecule has 38 heavy (non-hydrogen) atoms. The van der Waals surface area contributed by atoms with Crippen molar-refractivity contribution in [3.05, 3.63) is 102 Å². The average Bonchev–Trinajstić information content (AvgIpc) is 2.97. The number of hydrogen-bond acceptors (Lipinski definition) is 9. The molecule has 0 aliphatic rings. The summed E-state index contributed by atoms with van der Waals surface area (Å²) in [5, 5.41) is 0.984. The van der Waals surface area contributed by atoms with E-state index in [4.69, 9.17) is 19.4 Å². The van der Waals surface area contributed by atoms with Crippen LogP contribution >= 0.6 is 23.5 Å². The molecule has 0 N–H and O–H groups in total. The van der Waals surface area contributed by atoms with Gasteiger partial charge in [0.05, 0.1) is 53.3 Å². The monoisotopic (exact) mass is 541 g/mol. The summed E-state index contributed by atoms with van der Waals surface area (Å²) >= 11 is 3.01. The number of carbonyl (C=O) groups excluding carboxylic acids is 2. The van der Waals surface area contributed by atoms with Crippen molar-refractivity contribution < 1.29 is 19.1 Å². The predicted octanol–water partition coefficient (Wildman–Crippen LogP) is 6.34. The van der Waals surface area contributed by atoms with Gasteiger partial charge in [0.1, 0.15) is 0 Å². The van der Waals surface area contributed by atoms with Crippen LogP contribution in [0.15, 0.2) is 88.8 Å². The molecule has 9 heteroatoms. The van der Waals surface area contributed by atoms with Gasteiger partial charge in [-0.15, -0.1) is 23.5 Å². The maximum Gasteiger partial charge on any atom is 0.338 e. The van der Waals surface area contributed by atoms with Gasteiger partial charge in [-0.1, -0.05) is 30.3 Å². The number of fused-ring (bicyclic) bond motifs is 2. The van der Waals surface area contributed by atoms with E-state index in [1.165, 1.54) is 37.7 Å². The van der Waals surface area contributed by atoms with Gasteiger partial charge >= 0.3 is 11.9 Å². The zero-order valence-electron chi connectivity index (χ0n) is 20.7. The van der Waals surface area contributed by atoms with Crippen LogP contribution in [-0.4, -0.2) is 41.1 Å². The first kappa shape index (κ1) is 25.7. The van der Waals surface area contributed by atoms with Crippen LogP contribution in [-0.2, 0) is 21.0 Å². The van der Waals surface area contributed by atoms with E-state index >= 15 is 0 Å². The van der Waals surface area contributed by atoms with Crippen molar-refractivity contribution in [3.63, 3.8) is 0 Å². The number of thioether (sulfide) groups is 2. The van der Waals surface area contributed by atoms with Crippen LogP contribution in [0.2, 0.25) is 0 Å². The topological polar surface area (TPSA) is 91.3 Å². The Morgan fingerprint density at radius 2 is 1.21 bits per heavy atom. The molecule has 3 aromatic carbocycles. The largest absolute Gasteiger partial charge is 0.465 e. The van der Waals surface area contributed by atoms with Crippen LogP contribution in [0.25, 0.3) is 21.9 Å². The lowest BCUT2D eigenvalue weighted by molar-refractivity contribution is 0.0588. The summed E-state index contributed by atoms with van der Waals surface area (Å²) in [5.74, 6) is 0.222. The Balaban J connectivity index is 1.52. The summed E-state index contributed by atoms with van der Waals surface area (Å²) in [4.78, 5) is 40.6. The highest BCUT2D eigenvalue weighted by atomic mass is 32.2. The molecule has 0 saturated heterocycles. The van der Waals surface area contributed by atoms with Gasteiger partial charge in [-0.05, 0) is 42.5 Å². The van der Waals surface area contributed by atoms with Crippen molar-refractivity contribution in [2.45, 2.75) is 21.3 Å². The Morgan fingerprint density at radius 3 is 1.76 bits per heavy atom. The van der Waals surface area contributed by atoms with E-state index in [1.54, 1.807) is 18.3 Å². The van der Waals surface area contributed by atoms with Crippen molar-refractivity contribution in [3.8, 4) is 0 Å². The standard InChI is InChI=1S/C29H23N3O4S2/c1-35-28(33)19-9-3-5-11-26(19)37-16-24-25(17-38-27-12-6-4-10-20(27)29(34)36-2)32-23-15-21-18(8-7-13-30-21)14-22(23)31-24/h3-15H,16-17H2,1-2H3. The summed E-state index contributed by atoms with van der Waals surface area (Å²) < 4.78 is 9.90. The SMILES string of the molecule is COC(=O)c1ccccc1SCc1nc2cc3cccnc3cc2nc1CSc1ccccc1C(=O)OC. The average molecular weight is 542 g/mol. The van der Waals surface area contributed by atoms with Crippen molar-refractivity contribution in [1.29, 1.82) is 0 Å². The van der Waals surface area contributed by atoms with E-state index in [0.29, 0.717) is 22.6 Å². The summed E-state index contributed by atoms with van der Waals surface area (Å²) in [6.45, 7) is 0. The van der Waals surface area contributed by atoms with Crippen LogP contribution in [0.3, 0.4) is 0 Å². The number of rotatable bonds is 8. The third-order valence-corrected chi connectivity index (χ3v) is 8.03. The second-order valence-electron chi connectivity index (χ2n) is 8.21. The Hall–Kier alpha value is -3.95. The molecule has 0 amide bonds. The van der Waals surface area contributed by atoms with Gasteiger partial charge < -0.3 is 9.47 Å². The van der Waals surface area contributed by atoms with E-state index in [2.05, 4.69) is 4.98 Å². The van der Waals surface area contributed by atoms with Gasteiger partial charge in [0.25, 0.3) is 0 Å². The minimum atomic E-state index is -0.384. The molecule has 5 rings (SSSR count). The van der Waals surface area contributed by atoms with Crippen LogP contribution < -0.4 is 0 Å². The van der Waals surface area contributed by atoms with E-state index in [0.717, 1.165) is 43.1 Å². The first-order chi connectivity index (χ1) is 18.6. The first-order valence-electron chi connectivity index (χ1n) is 11.7. The lowest BCUT2D eigenvalue weighted by Gasteiger charge is -2.13. The Morgan fingerprint density at radius 1 is 0.684 bits per heavy atom. The second-order valence-corrected chi connectivity index (χ2v) is 10.2. The smallest absolute Gasteiger partial charge is 0.338 e. The van der Waals surface area contributed by atoms with Gasteiger partial charge in [-0.3, -0.25) is 4.98 Å². The molecular weight excluding hydrogens is 518 g/mol. The highest BCUT2D eigenvalue weighted by molar-refractivity contribution is 7.99. The minimum Gasteiger partial charge on any atom is -0.465 e. The van der Waals surface area contributed by atoms with Crippen LogP contribution in [0.4, 0.5) is 0 Å². The van der Waals surface area contributed by atoms with Crippen LogP contribution in [0.5, 0.6) is 0 Å². The number of nitrogens with zero attached hydrogens (tertiary/aromatic N) is 3. The van der Waals surface area contributed by atoms with E-state index < -0.39 is 0 Å². The number of methoxy groups -OCH3 is 2. The molecule has 0 bridgehead atoms. The molecule has 0 unspecified atom stereocenters. The second kappa shape index (κ2) is 11.6. The fourth-order valence-corrected chi connectivity index (χ4v) is 5.97. The van der Waals surface area contributed by atoms with Gasteiger partial charge in [0.15, 0.2) is 0 Å². The maximum atomic E-state index is 12.3. The van der Waals surface area contributed by atoms with Crippen LogP contribution in [0.1, 0.15) is 32.1 Å².